The first-order valence-corrected chi connectivity index (χ1v) is 6.61. The number of amides is 1. The molecule has 108 valence electrons. The first kappa shape index (κ1) is 16.1. The van der Waals surface area contributed by atoms with Crippen molar-refractivity contribution in [1.82, 2.24) is 4.90 Å². The molecule has 19 heavy (non-hydrogen) atoms. The molecule has 0 radical (unpaired) electrons. The number of hydrogen-bond acceptors (Lipinski definition) is 3. The summed E-state index contributed by atoms with van der Waals surface area (Å²) in [5, 5.41) is 0. The van der Waals surface area contributed by atoms with Crippen LogP contribution in [0.3, 0.4) is 0 Å². The predicted molar refractivity (Wildman–Crippen MR) is 77.2 cm³/mol. The molecule has 0 atom stereocenters. The zero-order valence-corrected chi connectivity index (χ0v) is 12.5. The van der Waals surface area contributed by atoms with Gasteiger partial charge in [-0.2, -0.15) is 0 Å². The van der Waals surface area contributed by atoms with Gasteiger partial charge in [0, 0.05) is 7.05 Å². The highest BCUT2D eigenvalue weighted by Crippen LogP contribution is 2.27. The first-order valence-electron chi connectivity index (χ1n) is 6.61. The van der Waals surface area contributed by atoms with Gasteiger partial charge in [-0.25, -0.2) is 0 Å². The topological polar surface area (TPSA) is 59.5 Å². The number of hydrogen-bond donors (Lipinski definition) is 1. The van der Waals surface area contributed by atoms with E-state index in [0.29, 0.717) is 6.54 Å². The molecule has 0 aliphatic heterocycles. The lowest BCUT2D eigenvalue weighted by atomic mass is 9.81. The molecule has 1 amide bonds. The van der Waals surface area contributed by atoms with Crippen LogP contribution in [0.15, 0.2) is 16.5 Å². The van der Waals surface area contributed by atoms with Crippen LogP contribution in [0, 0.1) is 6.92 Å². The number of carbonyl (C=O) groups excluding carboxylic acids is 1. The number of halogens is 1. The van der Waals surface area contributed by atoms with Gasteiger partial charge in [0.1, 0.15) is 11.5 Å². The van der Waals surface area contributed by atoms with Crippen molar-refractivity contribution in [2.45, 2.75) is 51.1 Å². The first-order chi connectivity index (χ1) is 8.51. The van der Waals surface area contributed by atoms with Crippen LogP contribution in [-0.4, -0.2) is 23.4 Å². The Hall–Kier alpha value is -1.00. The molecular weight excluding hydrogens is 264 g/mol. The molecule has 1 heterocycles. The molecule has 1 aliphatic carbocycles. The molecule has 0 bridgehead atoms. The lowest BCUT2D eigenvalue weighted by Gasteiger charge is -2.35. The van der Waals surface area contributed by atoms with E-state index in [2.05, 4.69) is 0 Å². The summed E-state index contributed by atoms with van der Waals surface area (Å²) in [6.07, 6.45) is 4.89. The smallest absolute Gasteiger partial charge is 0.242 e. The van der Waals surface area contributed by atoms with E-state index in [4.69, 9.17) is 10.2 Å². The molecule has 0 spiro atoms. The largest absolute Gasteiger partial charge is 0.464 e. The third-order valence-corrected chi connectivity index (χ3v) is 3.71. The fourth-order valence-corrected chi connectivity index (χ4v) is 2.65. The number of nitrogens with two attached hydrogens (primary N) is 1. The number of likely N-dealkylation sites (N-methyl/N-ethyl adjacent to an activating group) is 1. The quantitative estimate of drug-likeness (QED) is 0.929. The van der Waals surface area contributed by atoms with Crippen LogP contribution in [0.2, 0.25) is 0 Å². The average molecular weight is 287 g/mol. The van der Waals surface area contributed by atoms with E-state index in [0.717, 1.165) is 37.2 Å². The highest BCUT2D eigenvalue weighted by atomic mass is 35.5. The highest BCUT2D eigenvalue weighted by molar-refractivity contribution is 5.86. The van der Waals surface area contributed by atoms with Crippen LogP contribution in [0.5, 0.6) is 0 Å². The molecule has 2 N–H and O–H groups in total. The fraction of sp³-hybridized carbons (Fsp3) is 0.643. The zero-order valence-electron chi connectivity index (χ0n) is 11.6. The summed E-state index contributed by atoms with van der Waals surface area (Å²) in [6, 6.07) is 3.82. The minimum absolute atomic E-state index is 0. The lowest BCUT2D eigenvalue weighted by molar-refractivity contribution is -0.137. The molecule has 0 saturated heterocycles. The fourth-order valence-electron chi connectivity index (χ4n) is 2.65. The summed E-state index contributed by atoms with van der Waals surface area (Å²) in [6.45, 7) is 2.39. The van der Waals surface area contributed by atoms with Crippen molar-refractivity contribution in [3.05, 3.63) is 23.7 Å². The molecule has 2 rings (SSSR count). The molecular formula is C14H23ClN2O2. The summed E-state index contributed by atoms with van der Waals surface area (Å²) in [4.78, 5) is 14.1. The maximum Gasteiger partial charge on any atom is 0.242 e. The zero-order chi connectivity index (χ0) is 13.2. The molecule has 1 aromatic rings. The molecule has 0 unspecified atom stereocenters. The minimum atomic E-state index is -0.658. The van der Waals surface area contributed by atoms with Gasteiger partial charge < -0.3 is 15.1 Å². The van der Waals surface area contributed by atoms with E-state index in [1.54, 1.807) is 11.9 Å². The molecule has 0 aromatic carbocycles. The Bertz CT molecular complexity index is 425. The van der Waals surface area contributed by atoms with Gasteiger partial charge in [0.2, 0.25) is 5.91 Å². The van der Waals surface area contributed by atoms with Crippen molar-refractivity contribution in [3.8, 4) is 0 Å². The van der Waals surface area contributed by atoms with Crippen molar-refractivity contribution in [3.63, 3.8) is 0 Å². The van der Waals surface area contributed by atoms with Crippen molar-refractivity contribution in [2.75, 3.05) is 7.05 Å². The van der Waals surface area contributed by atoms with Gasteiger partial charge in [-0.1, -0.05) is 19.3 Å². The summed E-state index contributed by atoms with van der Waals surface area (Å²) >= 11 is 0. The third kappa shape index (κ3) is 3.74. The van der Waals surface area contributed by atoms with Crippen molar-refractivity contribution in [1.29, 1.82) is 0 Å². The predicted octanol–water partition coefficient (Wildman–Crippen LogP) is 2.63. The average Bonchev–Trinajstić information content (AvgIpc) is 2.74. The normalized spacial score (nSPS) is 17.6. The molecule has 1 fully saturated rings. The SMILES string of the molecule is Cc1ccc(CN(C)C(=O)C2(N)CCCCC2)o1.Cl. The Morgan fingerprint density at radius 2 is 2.00 bits per heavy atom. The Balaban J connectivity index is 0.00000180. The second-order valence-corrected chi connectivity index (χ2v) is 5.39. The lowest BCUT2D eigenvalue weighted by Crippen LogP contribution is -2.55. The minimum Gasteiger partial charge on any atom is -0.464 e. The number of rotatable bonds is 3. The molecule has 1 aliphatic rings. The molecule has 4 nitrogen and oxygen atoms in total. The van der Waals surface area contributed by atoms with Gasteiger partial charge in [-0.05, 0) is 31.9 Å². The van der Waals surface area contributed by atoms with Gasteiger partial charge in [0.25, 0.3) is 0 Å². The van der Waals surface area contributed by atoms with Crippen LogP contribution < -0.4 is 5.73 Å². The number of nitrogens with zero attached hydrogens (tertiary/aromatic N) is 1. The van der Waals surface area contributed by atoms with Gasteiger partial charge >= 0.3 is 0 Å². The van der Waals surface area contributed by atoms with E-state index < -0.39 is 5.54 Å². The number of furan rings is 1. The monoisotopic (exact) mass is 286 g/mol. The standard InChI is InChI=1S/C14H22N2O2.ClH/c1-11-6-7-12(18-11)10-16(2)13(17)14(15)8-4-3-5-9-14;/h6-7H,3-5,8-10,15H2,1-2H3;1H. The Morgan fingerprint density at radius 1 is 1.37 bits per heavy atom. The summed E-state index contributed by atoms with van der Waals surface area (Å²) < 4.78 is 5.49. The van der Waals surface area contributed by atoms with E-state index >= 15 is 0 Å². The maximum atomic E-state index is 12.4. The van der Waals surface area contributed by atoms with Gasteiger partial charge in [0.15, 0.2) is 0 Å². The second-order valence-electron chi connectivity index (χ2n) is 5.39. The van der Waals surface area contributed by atoms with Crippen LogP contribution >= 0.6 is 12.4 Å². The number of aryl methyl sites for hydroxylation is 1. The third-order valence-electron chi connectivity index (χ3n) is 3.71. The van der Waals surface area contributed by atoms with Gasteiger partial charge in [0.05, 0.1) is 12.1 Å². The molecule has 5 heteroatoms. The van der Waals surface area contributed by atoms with E-state index in [1.807, 2.05) is 19.1 Å². The van der Waals surface area contributed by atoms with E-state index in [-0.39, 0.29) is 18.3 Å². The van der Waals surface area contributed by atoms with Crippen molar-refractivity contribution in [2.24, 2.45) is 5.73 Å². The Morgan fingerprint density at radius 3 is 2.53 bits per heavy atom. The van der Waals surface area contributed by atoms with Crippen molar-refractivity contribution >= 4 is 18.3 Å². The van der Waals surface area contributed by atoms with E-state index in [1.165, 1.54) is 6.42 Å². The van der Waals surface area contributed by atoms with Gasteiger partial charge in [-0.15, -0.1) is 12.4 Å². The molecule has 1 aromatic heterocycles. The highest BCUT2D eigenvalue weighted by Gasteiger charge is 2.37. The van der Waals surface area contributed by atoms with Crippen molar-refractivity contribution < 1.29 is 9.21 Å². The molecule has 1 saturated carbocycles. The van der Waals surface area contributed by atoms with Crippen LogP contribution in [0.4, 0.5) is 0 Å². The number of carbonyl (C=O) groups is 1. The Labute approximate surface area is 120 Å². The summed E-state index contributed by atoms with van der Waals surface area (Å²) in [7, 11) is 1.80. The Kier molecular flexibility index (Phi) is 5.44. The second kappa shape index (κ2) is 6.44. The summed E-state index contributed by atoms with van der Waals surface area (Å²) in [5.41, 5.74) is 5.58. The van der Waals surface area contributed by atoms with Crippen LogP contribution in [-0.2, 0) is 11.3 Å². The maximum absolute atomic E-state index is 12.4. The van der Waals surface area contributed by atoms with E-state index in [9.17, 15) is 4.79 Å². The van der Waals surface area contributed by atoms with Crippen LogP contribution in [0.1, 0.15) is 43.6 Å². The summed E-state index contributed by atoms with van der Waals surface area (Å²) in [5.74, 6) is 1.71. The van der Waals surface area contributed by atoms with Gasteiger partial charge in [-0.3, -0.25) is 4.79 Å². The van der Waals surface area contributed by atoms with Crippen LogP contribution in [0.25, 0.3) is 0 Å².